The molecular formula is C17H16BrN3S. The topological polar surface area (TPSA) is 27.3 Å². The predicted molar refractivity (Wildman–Crippen MR) is 99.2 cm³/mol. The Bertz CT molecular complexity index is 715. The van der Waals surface area contributed by atoms with Crippen molar-refractivity contribution in [2.75, 3.05) is 5.43 Å². The first kappa shape index (κ1) is 15.1. The van der Waals surface area contributed by atoms with E-state index in [0.29, 0.717) is 0 Å². The number of rotatable bonds is 4. The maximum absolute atomic E-state index is 5.18. The van der Waals surface area contributed by atoms with Crippen LogP contribution in [0.3, 0.4) is 0 Å². The quantitative estimate of drug-likeness (QED) is 0.776. The molecule has 3 rings (SSSR count). The van der Waals surface area contributed by atoms with Gasteiger partial charge in [0.1, 0.15) is 6.17 Å². The number of nitrogens with zero attached hydrogens (tertiary/aromatic N) is 1. The van der Waals surface area contributed by atoms with Crippen LogP contribution in [0.2, 0.25) is 0 Å². The summed E-state index contributed by atoms with van der Waals surface area (Å²) >= 11 is 8.68. The molecule has 3 nitrogen and oxygen atoms in total. The molecule has 2 N–H and O–H groups in total. The molecule has 0 aliphatic carbocycles. The van der Waals surface area contributed by atoms with Gasteiger partial charge in [-0.15, -0.1) is 0 Å². The third kappa shape index (κ3) is 3.00. The van der Waals surface area contributed by atoms with Gasteiger partial charge in [0, 0.05) is 21.1 Å². The summed E-state index contributed by atoms with van der Waals surface area (Å²) in [5, 5.41) is 7.20. The second-order valence-corrected chi connectivity index (χ2v) is 6.24. The van der Waals surface area contributed by atoms with E-state index in [9.17, 15) is 0 Å². The van der Waals surface area contributed by atoms with Crippen molar-refractivity contribution in [2.45, 2.75) is 13.1 Å². The van der Waals surface area contributed by atoms with Crippen molar-refractivity contribution >= 4 is 44.9 Å². The third-order valence-corrected chi connectivity index (χ3v) is 4.24. The van der Waals surface area contributed by atoms with Crippen LogP contribution in [-0.2, 0) is 0 Å². The number of hydrazine groups is 1. The lowest BCUT2D eigenvalue weighted by atomic mass is 10.1. The van der Waals surface area contributed by atoms with E-state index in [1.54, 1.807) is 5.37 Å². The normalized spacial score (nSPS) is 17.4. The van der Waals surface area contributed by atoms with E-state index in [-0.39, 0.29) is 6.17 Å². The first-order chi connectivity index (χ1) is 10.7. The Morgan fingerprint density at radius 2 is 1.95 bits per heavy atom. The van der Waals surface area contributed by atoms with Gasteiger partial charge in [-0.05, 0) is 25.1 Å². The lowest BCUT2D eigenvalue weighted by Crippen LogP contribution is -2.41. The minimum absolute atomic E-state index is 0.0656. The van der Waals surface area contributed by atoms with Crippen LogP contribution in [0.1, 0.15) is 12.5 Å². The lowest BCUT2D eigenvalue weighted by Gasteiger charge is -2.28. The number of allylic oxidation sites excluding steroid dienone is 1. The minimum atomic E-state index is -0.0656. The zero-order chi connectivity index (χ0) is 15.5. The molecule has 0 aromatic heterocycles. The van der Waals surface area contributed by atoms with Crippen LogP contribution in [0.4, 0.5) is 5.69 Å². The van der Waals surface area contributed by atoms with Gasteiger partial charge in [0.15, 0.2) is 0 Å². The molecule has 2 aromatic rings. The molecule has 0 radical (unpaired) electrons. The van der Waals surface area contributed by atoms with Crippen LogP contribution in [-0.4, -0.2) is 16.5 Å². The Morgan fingerprint density at radius 3 is 2.64 bits per heavy atom. The summed E-state index contributed by atoms with van der Waals surface area (Å²) in [6.45, 7) is 2.07. The molecule has 0 spiro atoms. The average Bonchev–Trinajstić information content (AvgIpc) is 2.84. The molecule has 1 heterocycles. The van der Waals surface area contributed by atoms with Gasteiger partial charge in [-0.25, -0.2) is 0 Å². The lowest BCUT2D eigenvalue weighted by molar-refractivity contribution is 0.428. The first-order valence-corrected chi connectivity index (χ1v) is 8.25. The number of hydrogen-bond acceptors (Lipinski definition) is 4. The molecule has 0 fully saturated rings. The van der Waals surface area contributed by atoms with Gasteiger partial charge < -0.3 is 5.32 Å². The number of hydrogen-bond donors (Lipinski definition) is 2. The van der Waals surface area contributed by atoms with E-state index in [4.69, 9.17) is 12.2 Å². The van der Waals surface area contributed by atoms with E-state index in [1.165, 1.54) is 0 Å². The summed E-state index contributed by atoms with van der Waals surface area (Å²) in [4.78, 5) is 0. The molecule has 1 atom stereocenters. The molecule has 0 saturated carbocycles. The van der Waals surface area contributed by atoms with E-state index in [0.717, 1.165) is 27.1 Å². The maximum atomic E-state index is 5.18. The van der Waals surface area contributed by atoms with Crippen LogP contribution >= 0.6 is 28.1 Å². The van der Waals surface area contributed by atoms with Gasteiger partial charge in [-0.2, -0.15) is 0 Å². The molecular weight excluding hydrogens is 358 g/mol. The van der Waals surface area contributed by atoms with Crippen LogP contribution < -0.4 is 10.7 Å². The van der Waals surface area contributed by atoms with E-state index < -0.39 is 0 Å². The molecule has 0 bridgehead atoms. The van der Waals surface area contributed by atoms with Gasteiger partial charge in [0.2, 0.25) is 0 Å². The molecule has 5 heteroatoms. The second-order valence-electron chi connectivity index (χ2n) is 5.06. The fourth-order valence-electron chi connectivity index (χ4n) is 2.54. The van der Waals surface area contributed by atoms with Gasteiger partial charge in [0.05, 0.1) is 11.4 Å². The molecule has 0 amide bonds. The zero-order valence-electron chi connectivity index (χ0n) is 12.1. The number of benzene rings is 2. The third-order valence-electron chi connectivity index (χ3n) is 3.49. The van der Waals surface area contributed by atoms with Crippen molar-refractivity contribution in [3.05, 3.63) is 70.3 Å². The van der Waals surface area contributed by atoms with Crippen LogP contribution in [0.15, 0.2) is 64.8 Å². The number of anilines is 1. The number of nitrogens with one attached hydrogen (secondary N) is 2. The van der Waals surface area contributed by atoms with E-state index in [2.05, 4.69) is 50.7 Å². The summed E-state index contributed by atoms with van der Waals surface area (Å²) < 4.78 is 1.03. The van der Waals surface area contributed by atoms with Crippen LogP contribution in [0.5, 0.6) is 0 Å². The summed E-state index contributed by atoms with van der Waals surface area (Å²) in [6.07, 6.45) is -0.0656. The summed E-state index contributed by atoms with van der Waals surface area (Å²) in [5.74, 6) is 0. The Labute approximate surface area is 144 Å². The van der Waals surface area contributed by atoms with Crippen molar-refractivity contribution in [1.29, 1.82) is 0 Å². The second kappa shape index (κ2) is 6.50. The largest absolute Gasteiger partial charge is 0.362 e. The van der Waals surface area contributed by atoms with Crippen molar-refractivity contribution in [1.82, 2.24) is 10.3 Å². The molecule has 0 saturated heterocycles. The highest BCUT2D eigenvalue weighted by Gasteiger charge is 2.29. The number of halogens is 1. The van der Waals surface area contributed by atoms with Gasteiger partial charge in [-0.1, -0.05) is 64.5 Å². The highest BCUT2D eigenvalue weighted by Crippen LogP contribution is 2.29. The van der Waals surface area contributed by atoms with Crippen LogP contribution in [0.25, 0.3) is 5.70 Å². The summed E-state index contributed by atoms with van der Waals surface area (Å²) in [5.41, 5.74) is 7.80. The first-order valence-electron chi connectivity index (χ1n) is 6.98. The average molecular weight is 374 g/mol. The molecule has 1 aliphatic rings. The van der Waals surface area contributed by atoms with Crippen molar-refractivity contribution in [3.63, 3.8) is 0 Å². The van der Waals surface area contributed by atoms with Crippen molar-refractivity contribution < 1.29 is 0 Å². The number of thiocarbonyl (C=S) groups is 1. The molecule has 22 heavy (non-hydrogen) atoms. The highest BCUT2D eigenvalue weighted by molar-refractivity contribution is 9.10. The Hall–Kier alpha value is -1.85. The Balaban J connectivity index is 1.96. The molecule has 112 valence electrons. The fourth-order valence-corrected chi connectivity index (χ4v) is 3.13. The van der Waals surface area contributed by atoms with Crippen molar-refractivity contribution in [2.24, 2.45) is 0 Å². The monoisotopic (exact) mass is 373 g/mol. The Kier molecular flexibility index (Phi) is 4.45. The molecule has 1 aliphatic heterocycles. The van der Waals surface area contributed by atoms with Gasteiger partial charge in [0.25, 0.3) is 0 Å². The zero-order valence-corrected chi connectivity index (χ0v) is 14.5. The summed E-state index contributed by atoms with van der Waals surface area (Å²) in [7, 11) is 0. The minimum Gasteiger partial charge on any atom is -0.362 e. The standard InChI is InChI=1S/C17H16BrN3S/c1-12-17(13-6-3-2-4-7-13)21(16(11-22)19-12)20-15-9-5-8-14(18)10-15/h2-11,16,19-20H,1H3. The smallest absolute Gasteiger partial charge is 0.148 e. The highest BCUT2D eigenvalue weighted by atomic mass is 79.9. The predicted octanol–water partition coefficient (Wildman–Crippen LogP) is 4.40. The summed E-state index contributed by atoms with van der Waals surface area (Å²) in [6, 6.07) is 18.4. The van der Waals surface area contributed by atoms with Crippen LogP contribution in [0, 0.1) is 0 Å². The Morgan fingerprint density at radius 1 is 1.18 bits per heavy atom. The maximum Gasteiger partial charge on any atom is 0.148 e. The van der Waals surface area contributed by atoms with Crippen molar-refractivity contribution in [3.8, 4) is 0 Å². The van der Waals surface area contributed by atoms with E-state index in [1.807, 2.05) is 42.5 Å². The van der Waals surface area contributed by atoms with E-state index >= 15 is 0 Å². The van der Waals surface area contributed by atoms with Gasteiger partial charge in [-0.3, -0.25) is 10.4 Å². The molecule has 2 aromatic carbocycles. The fraction of sp³-hybridized carbons (Fsp3) is 0.118. The van der Waals surface area contributed by atoms with Gasteiger partial charge >= 0.3 is 0 Å². The molecule has 1 unspecified atom stereocenters. The SMILES string of the molecule is CC1=C(c2ccccc2)N(Nc2cccc(Br)c2)C(C=S)N1.